The lowest BCUT2D eigenvalue weighted by Gasteiger charge is -2.03. The number of thioether (sulfide) groups is 1. The molecule has 78 valence electrons. The summed E-state index contributed by atoms with van der Waals surface area (Å²) in [6.45, 7) is 2.19. The van der Waals surface area contributed by atoms with Crippen molar-refractivity contribution in [1.82, 2.24) is 4.98 Å². The summed E-state index contributed by atoms with van der Waals surface area (Å²) < 4.78 is 0. The van der Waals surface area contributed by atoms with Crippen LogP contribution in [0, 0.1) is 0 Å². The standard InChI is InChI=1S/C10H15ClN2S/c1-2-3-4-7-14-10-8(12)5-6-9(11)13-10/h5-6H,2-4,7,12H2,1H3. The molecule has 0 saturated carbocycles. The fourth-order valence-electron chi connectivity index (χ4n) is 1.07. The largest absolute Gasteiger partial charge is 0.397 e. The van der Waals surface area contributed by atoms with Gasteiger partial charge in [0.2, 0.25) is 0 Å². The fourth-order valence-corrected chi connectivity index (χ4v) is 2.20. The molecular formula is C10H15ClN2S. The minimum atomic E-state index is 0.511. The maximum absolute atomic E-state index is 5.78. The maximum Gasteiger partial charge on any atom is 0.130 e. The Morgan fingerprint density at radius 1 is 1.43 bits per heavy atom. The van der Waals surface area contributed by atoms with Crippen LogP contribution >= 0.6 is 23.4 Å². The van der Waals surface area contributed by atoms with Gasteiger partial charge in [-0.2, -0.15) is 0 Å². The van der Waals surface area contributed by atoms with E-state index in [1.165, 1.54) is 19.3 Å². The summed E-state index contributed by atoms with van der Waals surface area (Å²) in [4.78, 5) is 4.17. The molecule has 1 aromatic heterocycles. The van der Waals surface area contributed by atoms with Gasteiger partial charge in [-0.05, 0) is 24.3 Å². The Labute approximate surface area is 94.2 Å². The number of anilines is 1. The lowest BCUT2D eigenvalue weighted by Crippen LogP contribution is -1.92. The summed E-state index contributed by atoms with van der Waals surface area (Å²) in [5, 5.41) is 1.37. The third-order valence-electron chi connectivity index (χ3n) is 1.84. The van der Waals surface area contributed by atoms with Crippen molar-refractivity contribution in [3.8, 4) is 0 Å². The number of unbranched alkanes of at least 4 members (excludes halogenated alkanes) is 2. The number of hydrogen-bond acceptors (Lipinski definition) is 3. The van der Waals surface area contributed by atoms with E-state index in [4.69, 9.17) is 17.3 Å². The van der Waals surface area contributed by atoms with Crippen LogP contribution in [0.1, 0.15) is 26.2 Å². The topological polar surface area (TPSA) is 38.9 Å². The van der Waals surface area contributed by atoms with Gasteiger partial charge in [0.05, 0.1) is 5.69 Å². The van der Waals surface area contributed by atoms with Gasteiger partial charge in [0.1, 0.15) is 10.2 Å². The van der Waals surface area contributed by atoms with E-state index in [-0.39, 0.29) is 0 Å². The molecule has 0 fully saturated rings. The van der Waals surface area contributed by atoms with Crippen LogP contribution in [0.4, 0.5) is 5.69 Å². The average molecular weight is 231 g/mol. The average Bonchev–Trinajstić information content (AvgIpc) is 2.18. The van der Waals surface area contributed by atoms with Gasteiger partial charge in [0.15, 0.2) is 0 Å². The van der Waals surface area contributed by atoms with E-state index in [1.807, 2.05) is 0 Å². The minimum absolute atomic E-state index is 0.511. The number of nitrogen functional groups attached to an aromatic ring is 1. The highest BCUT2D eigenvalue weighted by atomic mass is 35.5. The van der Waals surface area contributed by atoms with Crippen LogP contribution in [0.5, 0.6) is 0 Å². The highest BCUT2D eigenvalue weighted by Crippen LogP contribution is 2.25. The number of aromatic nitrogens is 1. The van der Waals surface area contributed by atoms with Crippen LogP contribution in [0.3, 0.4) is 0 Å². The zero-order chi connectivity index (χ0) is 10.4. The van der Waals surface area contributed by atoms with Crippen LogP contribution in [0.25, 0.3) is 0 Å². The van der Waals surface area contributed by atoms with Crippen LogP contribution < -0.4 is 5.73 Å². The summed E-state index contributed by atoms with van der Waals surface area (Å²) in [6, 6.07) is 3.52. The highest BCUT2D eigenvalue weighted by Gasteiger charge is 2.02. The number of pyridine rings is 1. The number of rotatable bonds is 5. The van der Waals surface area contributed by atoms with Crippen molar-refractivity contribution >= 4 is 29.1 Å². The molecule has 0 atom stereocenters. The number of hydrogen-bond donors (Lipinski definition) is 1. The maximum atomic E-state index is 5.78. The van der Waals surface area contributed by atoms with Gasteiger partial charge in [0, 0.05) is 0 Å². The van der Waals surface area contributed by atoms with Crippen molar-refractivity contribution in [2.24, 2.45) is 0 Å². The molecule has 1 aromatic rings. The van der Waals surface area contributed by atoms with Gasteiger partial charge in [-0.25, -0.2) is 4.98 Å². The van der Waals surface area contributed by atoms with E-state index in [9.17, 15) is 0 Å². The summed E-state index contributed by atoms with van der Waals surface area (Å²) >= 11 is 7.46. The van der Waals surface area contributed by atoms with Crippen LogP contribution in [0.2, 0.25) is 5.15 Å². The molecule has 0 aliphatic rings. The first-order valence-electron chi connectivity index (χ1n) is 4.79. The summed E-state index contributed by atoms with van der Waals surface area (Å²) in [5.41, 5.74) is 6.48. The first kappa shape index (κ1) is 11.7. The van der Waals surface area contributed by atoms with E-state index in [1.54, 1.807) is 23.9 Å². The van der Waals surface area contributed by atoms with E-state index in [2.05, 4.69) is 11.9 Å². The van der Waals surface area contributed by atoms with E-state index >= 15 is 0 Å². The predicted octanol–water partition coefficient (Wildman–Crippen LogP) is 3.60. The summed E-state index contributed by atoms with van der Waals surface area (Å²) in [7, 11) is 0. The van der Waals surface area contributed by atoms with E-state index < -0.39 is 0 Å². The van der Waals surface area contributed by atoms with Crippen molar-refractivity contribution in [2.45, 2.75) is 31.2 Å². The molecule has 1 rings (SSSR count). The van der Waals surface area contributed by atoms with Gasteiger partial charge in [-0.1, -0.05) is 31.4 Å². The lowest BCUT2D eigenvalue weighted by molar-refractivity contribution is 0.778. The summed E-state index contributed by atoms with van der Waals surface area (Å²) in [6.07, 6.45) is 3.70. The Morgan fingerprint density at radius 2 is 2.21 bits per heavy atom. The highest BCUT2D eigenvalue weighted by molar-refractivity contribution is 7.99. The van der Waals surface area contributed by atoms with Crippen LogP contribution in [-0.2, 0) is 0 Å². The molecule has 0 aliphatic heterocycles. The van der Waals surface area contributed by atoms with Crippen molar-refractivity contribution in [3.63, 3.8) is 0 Å². The van der Waals surface area contributed by atoms with Gasteiger partial charge < -0.3 is 5.73 Å². The molecule has 0 saturated heterocycles. The first-order chi connectivity index (χ1) is 6.74. The Bertz CT molecular complexity index is 291. The molecule has 0 unspecified atom stereocenters. The second kappa shape index (κ2) is 6.14. The van der Waals surface area contributed by atoms with E-state index in [0.717, 1.165) is 16.5 Å². The third-order valence-corrected chi connectivity index (χ3v) is 3.15. The molecule has 0 amide bonds. The van der Waals surface area contributed by atoms with Crippen molar-refractivity contribution in [3.05, 3.63) is 17.3 Å². The Hall–Kier alpha value is -0.410. The minimum Gasteiger partial charge on any atom is -0.397 e. The van der Waals surface area contributed by atoms with Gasteiger partial charge >= 0.3 is 0 Å². The quantitative estimate of drug-likeness (QED) is 0.477. The molecule has 4 heteroatoms. The second-order valence-electron chi connectivity index (χ2n) is 3.08. The predicted molar refractivity (Wildman–Crippen MR) is 63.9 cm³/mol. The third kappa shape index (κ3) is 3.76. The molecule has 14 heavy (non-hydrogen) atoms. The smallest absolute Gasteiger partial charge is 0.130 e. The van der Waals surface area contributed by atoms with Crippen molar-refractivity contribution < 1.29 is 0 Å². The number of halogens is 1. The molecule has 2 N–H and O–H groups in total. The summed E-state index contributed by atoms with van der Waals surface area (Å²) in [5.74, 6) is 1.06. The second-order valence-corrected chi connectivity index (χ2v) is 4.55. The zero-order valence-corrected chi connectivity index (χ0v) is 9.87. The van der Waals surface area contributed by atoms with Gasteiger partial charge in [0.25, 0.3) is 0 Å². The van der Waals surface area contributed by atoms with Crippen molar-refractivity contribution in [2.75, 3.05) is 11.5 Å². The molecule has 2 nitrogen and oxygen atoms in total. The molecule has 0 spiro atoms. The normalized spacial score (nSPS) is 10.4. The van der Waals surface area contributed by atoms with Crippen LogP contribution in [-0.4, -0.2) is 10.7 Å². The monoisotopic (exact) mass is 230 g/mol. The van der Waals surface area contributed by atoms with Gasteiger partial charge in [-0.3, -0.25) is 0 Å². The molecule has 0 aliphatic carbocycles. The fraction of sp³-hybridized carbons (Fsp3) is 0.500. The van der Waals surface area contributed by atoms with E-state index in [0.29, 0.717) is 5.15 Å². The van der Waals surface area contributed by atoms with Crippen molar-refractivity contribution in [1.29, 1.82) is 0 Å². The molecule has 0 bridgehead atoms. The Balaban J connectivity index is 2.45. The van der Waals surface area contributed by atoms with Crippen LogP contribution in [0.15, 0.2) is 17.2 Å². The van der Waals surface area contributed by atoms with Gasteiger partial charge in [-0.15, -0.1) is 11.8 Å². The lowest BCUT2D eigenvalue weighted by atomic mass is 10.3. The Kier molecular flexibility index (Phi) is 5.12. The zero-order valence-electron chi connectivity index (χ0n) is 8.29. The number of nitrogens with zero attached hydrogens (tertiary/aromatic N) is 1. The molecule has 0 radical (unpaired) electrons. The molecular weight excluding hydrogens is 216 g/mol. The SMILES string of the molecule is CCCCCSc1nc(Cl)ccc1N. The molecule has 0 aromatic carbocycles. The number of nitrogens with two attached hydrogens (primary N) is 1. The molecule has 1 heterocycles. The first-order valence-corrected chi connectivity index (χ1v) is 6.15. The Morgan fingerprint density at radius 3 is 2.93 bits per heavy atom.